The van der Waals surface area contributed by atoms with E-state index in [-0.39, 0.29) is 19.0 Å². The summed E-state index contributed by atoms with van der Waals surface area (Å²) >= 11 is 5.90. The number of likely N-dealkylation sites (N-methyl/N-ethyl adjacent to an activating group) is 1. The van der Waals surface area contributed by atoms with Crippen molar-refractivity contribution in [3.63, 3.8) is 0 Å². The number of rotatable bonds is 6. The van der Waals surface area contributed by atoms with Crippen LogP contribution in [0, 0.1) is 11.8 Å². The van der Waals surface area contributed by atoms with Crippen molar-refractivity contribution in [1.82, 2.24) is 14.1 Å². The number of hydrogen-bond acceptors (Lipinski definition) is 6. The summed E-state index contributed by atoms with van der Waals surface area (Å²) in [5.41, 5.74) is 1.47. The number of hydrogen-bond donors (Lipinski definition) is 2. The normalized spacial score (nSPS) is 21.0. The Labute approximate surface area is 221 Å². The minimum absolute atomic E-state index is 0.0653. The van der Waals surface area contributed by atoms with Crippen LogP contribution in [0.15, 0.2) is 48.5 Å². The third kappa shape index (κ3) is 6.67. The first-order valence-electron chi connectivity index (χ1n) is 11.9. The molecule has 2 aromatic rings. The Morgan fingerprint density at radius 2 is 1.27 bits per heavy atom. The van der Waals surface area contributed by atoms with Gasteiger partial charge in [-0.15, -0.1) is 0 Å². The van der Waals surface area contributed by atoms with E-state index in [0.717, 1.165) is 23.7 Å². The van der Waals surface area contributed by atoms with E-state index in [2.05, 4.69) is 15.5 Å². The van der Waals surface area contributed by atoms with Crippen molar-refractivity contribution in [3.05, 3.63) is 59.1 Å². The fourth-order valence-electron chi connectivity index (χ4n) is 4.46. The molecule has 0 unspecified atom stereocenters. The molecule has 2 N–H and O–H groups in total. The first kappa shape index (κ1) is 27.1. The number of carbonyl (C=O) groups is 3. The molecule has 2 heterocycles. The number of amides is 3. The lowest BCUT2D eigenvalue weighted by Gasteiger charge is -2.32. The molecule has 10 nitrogen and oxygen atoms in total. The van der Waals surface area contributed by atoms with Gasteiger partial charge in [0.25, 0.3) is 5.91 Å². The molecule has 0 saturated carbocycles. The molecule has 0 aliphatic carbocycles. The van der Waals surface area contributed by atoms with E-state index in [1.807, 2.05) is 7.05 Å². The van der Waals surface area contributed by atoms with Gasteiger partial charge >= 0.3 is 0 Å². The van der Waals surface area contributed by atoms with Crippen LogP contribution in [0.2, 0.25) is 5.02 Å². The summed E-state index contributed by atoms with van der Waals surface area (Å²) < 4.78 is 25.5. The minimum atomic E-state index is -3.61. The summed E-state index contributed by atoms with van der Waals surface area (Å²) in [4.78, 5) is 43.0. The second-order valence-corrected chi connectivity index (χ2v) is 11.9. The molecule has 2 aliphatic rings. The third-order valence-electron chi connectivity index (χ3n) is 6.73. The van der Waals surface area contributed by atoms with Crippen LogP contribution in [-0.2, 0) is 19.6 Å². The monoisotopic (exact) mass is 547 g/mol. The quantitative estimate of drug-likeness (QED) is 0.569. The lowest BCUT2D eigenvalue weighted by molar-refractivity contribution is -0.127. The second-order valence-electron chi connectivity index (χ2n) is 9.45. The average molecular weight is 548 g/mol. The van der Waals surface area contributed by atoms with Crippen LogP contribution in [0.5, 0.6) is 0 Å². The molecule has 2 aliphatic heterocycles. The molecule has 12 heteroatoms. The van der Waals surface area contributed by atoms with E-state index in [0.29, 0.717) is 35.1 Å². The van der Waals surface area contributed by atoms with Gasteiger partial charge in [-0.05, 0) is 55.6 Å². The molecular formula is C25H30ClN5O5S. The Balaban J connectivity index is 1.44. The zero-order valence-corrected chi connectivity index (χ0v) is 22.3. The van der Waals surface area contributed by atoms with Crippen molar-refractivity contribution in [2.24, 2.45) is 11.8 Å². The Morgan fingerprint density at radius 3 is 1.73 bits per heavy atom. The zero-order chi connectivity index (χ0) is 26.7. The molecule has 37 heavy (non-hydrogen) atoms. The summed E-state index contributed by atoms with van der Waals surface area (Å²) in [5.74, 6) is -2.77. The largest absolute Gasteiger partial charge is 0.336 e. The molecule has 0 bridgehead atoms. The fraction of sp³-hybridized carbons (Fsp3) is 0.400. The van der Waals surface area contributed by atoms with Gasteiger partial charge in [0.1, 0.15) is 0 Å². The van der Waals surface area contributed by atoms with E-state index < -0.39 is 33.7 Å². The van der Waals surface area contributed by atoms with Crippen molar-refractivity contribution in [3.8, 4) is 0 Å². The number of nitrogens with zero attached hydrogens (tertiary/aromatic N) is 3. The van der Waals surface area contributed by atoms with Crippen molar-refractivity contribution < 1.29 is 22.8 Å². The van der Waals surface area contributed by atoms with Crippen molar-refractivity contribution in [2.45, 2.75) is 0 Å². The first-order chi connectivity index (χ1) is 17.5. The smallest absolute Gasteiger partial charge is 0.253 e. The summed E-state index contributed by atoms with van der Waals surface area (Å²) in [6.07, 6.45) is 1.05. The molecule has 2 saturated heterocycles. The lowest BCUT2D eigenvalue weighted by atomic mass is 9.94. The van der Waals surface area contributed by atoms with Crippen LogP contribution in [0.4, 0.5) is 11.4 Å². The number of halogens is 1. The topological polar surface area (TPSA) is 119 Å². The molecular weight excluding hydrogens is 518 g/mol. The van der Waals surface area contributed by atoms with Gasteiger partial charge in [-0.3, -0.25) is 14.4 Å². The highest BCUT2D eigenvalue weighted by atomic mass is 35.5. The summed E-state index contributed by atoms with van der Waals surface area (Å²) in [5, 5.41) is 6.03. The molecule has 2 aromatic carbocycles. The van der Waals surface area contributed by atoms with E-state index >= 15 is 0 Å². The summed E-state index contributed by atoms with van der Waals surface area (Å²) in [6.45, 7) is 2.74. The van der Waals surface area contributed by atoms with Crippen LogP contribution in [0.25, 0.3) is 0 Å². The Bertz CT molecular complexity index is 1260. The van der Waals surface area contributed by atoms with Crippen LogP contribution < -0.4 is 10.6 Å². The molecule has 3 amide bonds. The third-order valence-corrected chi connectivity index (χ3v) is 8.22. The van der Waals surface area contributed by atoms with Crippen LogP contribution in [-0.4, -0.2) is 92.8 Å². The van der Waals surface area contributed by atoms with E-state index in [1.165, 1.54) is 0 Å². The highest BCUT2D eigenvalue weighted by molar-refractivity contribution is 7.88. The van der Waals surface area contributed by atoms with Gasteiger partial charge < -0.3 is 20.4 Å². The van der Waals surface area contributed by atoms with Gasteiger partial charge in [-0.25, -0.2) is 12.7 Å². The maximum Gasteiger partial charge on any atom is 0.253 e. The van der Waals surface area contributed by atoms with Gasteiger partial charge in [0.05, 0.1) is 18.1 Å². The van der Waals surface area contributed by atoms with Gasteiger partial charge in [0.2, 0.25) is 21.8 Å². The molecule has 0 aromatic heterocycles. The number of nitrogens with one attached hydrogen (secondary N) is 2. The maximum absolute atomic E-state index is 13.2. The van der Waals surface area contributed by atoms with Crippen LogP contribution in [0.3, 0.4) is 0 Å². The number of anilines is 2. The summed E-state index contributed by atoms with van der Waals surface area (Å²) in [6, 6.07) is 13.1. The molecule has 0 radical (unpaired) electrons. The Hall–Kier alpha value is -2.99. The summed E-state index contributed by atoms with van der Waals surface area (Å²) in [7, 11) is -1.59. The molecule has 2 atom stereocenters. The molecule has 2 fully saturated rings. The zero-order valence-electron chi connectivity index (χ0n) is 20.7. The number of piperazine rings is 1. The van der Waals surface area contributed by atoms with Crippen LogP contribution in [0.1, 0.15) is 10.4 Å². The second kappa shape index (κ2) is 11.2. The van der Waals surface area contributed by atoms with Crippen molar-refractivity contribution in [2.75, 3.05) is 63.2 Å². The van der Waals surface area contributed by atoms with E-state index in [9.17, 15) is 22.8 Å². The van der Waals surface area contributed by atoms with Gasteiger partial charge in [0.15, 0.2) is 0 Å². The van der Waals surface area contributed by atoms with Crippen molar-refractivity contribution >= 4 is 50.7 Å². The molecule has 198 valence electrons. The number of benzene rings is 2. The van der Waals surface area contributed by atoms with Crippen molar-refractivity contribution in [1.29, 1.82) is 0 Å². The first-order valence-corrected chi connectivity index (χ1v) is 14.1. The number of carbonyl (C=O) groups excluding carboxylic acids is 3. The standard InChI is InChI=1S/C25H30ClN5O5S/c1-29-11-13-30(14-12-29)25(34)17-3-7-19(8-4-17)27-23(32)21-15-31(37(2,35)36)16-22(21)24(33)28-20-9-5-18(26)6-10-20/h3-10,21-22H,11-16H2,1-2H3,(H,27,32)(H,28,33)/t21-,22-/m0/s1. The predicted molar refractivity (Wildman–Crippen MR) is 142 cm³/mol. The number of sulfonamides is 1. The highest BCUT2D eigenvalue weighted by Gasteiger charge is 2.44. The average Bonchev–Trinajstić information content (AvgIpc) is 3.33. The van der Waals surface area contributed by atoms with Gasteiger partial charge in [-0.1, -0.05) is 11.6 Å². The Morgan fingerprint density at radius 1 is 0.811 bits per heavy atom. The SMILES string of the molecule is CN1CCN(C(=O)c2ccc(NC(=O)[C@H]3CN(S(C)(=O)=O)C[C@@H]3C(=O)Nc3ccc(Cl)cc3)cc2)CC1. The van der Waals surface area contributed by atoms with Gasteiger partial charge in [0, 0.05) is 61.2 Å². The van der Waals surface area contributed by atoms with Crippen LogP contribution >= 0.6 is 11.6 Å². The van der Waals surface area contributed by atoms with Gasteiger partial charge in [-0.2, -0.15) is 0 Å². The maximum atomic E-state index is 13.2. The minimum Gasteiger partial charge on any atom is -0.336 e. The van der Waals surface area contributed by atoms with E-state index in [4.69, 9.17) is 11.6 Å². The molecule has 4 rings (SSSR count). The fourth-order valence-corrected chi connectivity index (χ4v) is 5.45. The highest BCUT2D eigenvalue weighted by Crippen LogP contribution is 2.28. The lowest BCUT2D eigenvalue weighted by Crippen LogP contribution is -2.47. The van der Waals surface area contributed by atoms with E-state index in [1.54, 1.807) is 53.4 Å². The molecule has 0 spiro atoms. The predicted octanol–water partition coefficient (Wildman–Crippen LogP) is 1.81. The Kier molecular flexibility index (Phi) is 8.17.